The number of hydrogen-bond donors (Lipinski definition) is 3. The Morgan fingerprint density at radius 2 is 1.70 bits per heavy atom. The summed E-state index contributed by atoms with van der Waals surface area (Å²) in [6, 6.07) is 4.63. The molecule has 130 valence electrons. The van der Waals surface area contributed by atoms with Crippen LogP contribution in [0.5, 0.6) is 0 Å². The van der Waals surface area contributed by atoms with E-state index in [9.17, 15) is 9.59 Å². The van der Waals surface area contributed by atoms with Crippen LogP contribution in [0.2, 0.25) is 10.0 Å². The van der Waals surface area contributed by atoms with Crippen molar-refractivity contribution in [1.29, 1.82) is 0 Å². The van der Waals surface area contributed by atoms with Gasteiger partial charge in [-0.15, -0.1) is 12.4 Å². The van der Waals surface area contributed by atoms with Crippen molar-refractivity contribution in [3.8, 4) is 0 Å². The van der Waals surface area contributed by atoms with Gasteiger partial charge in [0.2, 0.25) is 11.8 Å². The van der Waals surface area contributed by atoms with Gasteiger partial charge in [0.15, 0.2) is 0 Å². The summed E-state index contributed by atoms with van der Waals surface area (Å²) in [5.41, 5.74) is 6.62. The molecule has 1 atom stereocenters. The lowest BCUT2D eigenvalue weighted by Gasteiger charge is -2.15. The first kappa shape index (κ1) is 22.0. The Kier molecular flexibility index (Phi) is 10.2. The molecule has 0 bridgehead atoms. The average Bonchev–Trinajstić information content (AvgIpc) is 2.42. The van der Waals surface area contributed by atoms with Crippen LogP contribution in [0.25, 0.3) is 0 Å². The van der Waals surface area contributed by atoms with E-state index in [1.807, 2.05) is 13.8 Å². The molecular formula is C15H22Cl3N3O2. The third-order valence-corrected chi connectivity index (χ3v) is 3.54. The monoisotopic (exact) mass is 381 g/mol. The van der Waals surface area contributed by atoms with Crippen molar-refractivity contribution >= 4 is 47.4 Å². The highest BCUT2D eigenvalue weighted by atomic mass is 35.5. The fourth-order valence-electron chi connectivity index (χ4n) is 1.75. The molecule has 23 heavy (non-hydrogen) atoms. The van der Waals surface area contributed by atoms with Crippen LogP contribution >= 0.6 is 35.6 Å². The molecule has 1 aromatic carbocycles. The number of carbonyl (C=O) groups excluding carboxylic acids is 2. The number of amides is 2. The summed E-state index contributed by atoms with van der Waals surface area (Å²) in [5, 5.41) is 6.34. The van der Waals surface area contributed by atoms with Gasteiger partial charge in [0, 0.05) is 16.6 Å². The van der Waals surface area contributed by atoms with Gasteiger partial charge >= 0.3 is 0 Å². The molecule has 1 rings (SSSR count). The molecular weight excluding hydrogens is 361 g/mol. The molecule has 0 aliphatic heterocycles. The molecule has 8 heteroatoms. The molecule has 0 fully saturated rings. The second-order valence-electron chi connectivity index (χ2n) is 5.37. The Bertz CT molecular complexity index is 518. The smallest absolute Gasteiger partial charge is 0.239 e. The lowest BCUT2D eigenvalue weighted by atomic mass is 10.1. The molecule has 0 aromatic heterocycles. The van der Waals surface area contributed by atoms with E-state index in [0.29, 0.717) is 23.0 Å². The van der Waals surface area contributed by atoms with Crippen LogP contribution in [-0.4, -0.2) is 30.9 Å². The van der Waals surface area contributed by atoms with Crippen molar-refractivity contribution in [2.45, 2.75) is 26.3 Å². The molecule has 0 radical (unpaired) electrons. The molecule has 4 N–H and O–H groups in total. The zero-order chi connectivity index (χ0) is 16.7. The SMILES string of the molecule is CC(C)[C@H](N)C(=O)NCC(=O)NCCc1cc(Cl)cc(Cl)c1.Cl. The fraction of sp³-hybridized carbons (Fsp3) is 0.467. The molecule has 1 aromatic rings. The quantitative estimate of drug-likeness (QED) is 0.676. The van der Waals surface area contributed by atoms with Crippen molar-refractivity contribution in [2.75, 3.05) is 13.1 Å². The van der Waals surface area contributed by atoms with E-state index in [1.54, 1.807) is 18.2 Å². The van der Waals surface area contributed by atoms with Crippen molar-refractivity contribution in [1.82, 2.24) is 10.6 Å². The number of carbonyl (C=O) groups is 2. The highest BCUT2D eigenvalue weighted by molar-refractivity contribution is 6.34. The topological polar surface area (TPSA) is 84.2 Å². The standard InChI is InChI=1S/C15H21Cl2N3O2.ClH/c1-9(2)14(18)15(22)20-8-13(21)19-4-3-10-5-11(16)7-12(17)6-10;/h5-7,9,14H,3-4,8,18H2,1-2H3,(H,19,21)(H,20,22);1H/t14-;/m0./s1. The number of rotatable bonds is 7. The molecule has 0 aliphatic rings. The van der Waals surface area contributed by atoms with E-state index in [0.717, 1.165) is 5.56 Å². The summed E-state index contributed by atoms with van der Waals surface area (Å²) in [5.74, 6) is -0.570. The largest absolute Gasteiger partial charge is 0.354 e. The predicted molar refractivity (Wildman–Crippen MR) is 96.2 cm³/mol. The lowest BCUT2D eigenvalue weighted by Crippen LogP contribution is -2.47. The van der Waals surface area contributed by atoms with Gasteiger partial charge in [-0.1, -0.05) is 37.0 Å². The summed E-state index contributed by atoms with van der Waals surface area (Å²) >= 11 is 11.8. The second-order valence-corrected chi connectivity index (χ2v) is 6.24. The van der Waals surface area contributed by atoms with Crippen molar-refractivity contribution in [3.05, 3.63) is 33.8 Å². The highest BCUT2D eigenvalue weighted by Gasteiger charge is 2.17. The van der Waals surface area contributed by atoms with Crippen molar-refractivity contribution in [3.63, 3.8) is 0 Å². The van der Waals surface area contributed by atoms with Crippen LogP contribution in [-0.2, 0) is 16.0 Å². The molecule has 2 amide bonds. The number of hydrogen-bond acceptors (Lipinski definition) is 3. The maximum Gasteiger partial charge on any atom is 0.239 e. The Morgan fingerprint density at radius 1 is 1.13 bits per heavy atom. The second kappa shape index (κ2) is 10.7. The first-order valence-corrected chi connectivity index (χ1v) is 7.80. The Labute approximate surface area is 152 Å². The first-order chi connectivity index (χ1) is 10.3. The Morgan fingerprint density at radius 3 is 2.22 bits per heavy atom. The minimum Gasteiger partial charge on any atom is -0.354 e. The fourth-order valence-corrected chi connectivity index (χ4v) is 2.32. The van der Waals surface area contributed by atoms with Gasteiger partial charge in [0.05, 0.1) is 12.6 Å². The highest BCUT2D eigenvalue weighted by Crippen LogP contribution is 2.19. The summed E-state index contributed by atoms with van der Waals surface area (Å²) in [6.45, 7) is 4.04. The minimum atomic E-state index is -0.610. The zero-order valence-electron chi connectivity index (χ0n) is 13.1. The minimum absolute atomic E-state index is 0. The van der Waals surface area contributed by atoms with Crippen LogP contribution in [0.15, 0.2) is 18.2 Å². The van der Waals surface area contributed by atoms with E-state index < -0.39 is 6.04 Å². The first-order valence-electron chi connectivity index (χ1n) is 7.04. The van der Waals surface area contributed by atoms with Crippen molar-refractivity contribution in [2.24, 2.45) is 11.7 Å². The molecule has 0 saturated carbocycles. The molecule has 0 spiro atoms. The van der Waals surface area contributed by atoms with Gasteiger partial charge in [0.1, 0.15) is 0 Å². The molecule has 5 nitrogen and oxygen atoms in total. The lowest BCUT2D eigenvalue weighted by molar-refractivity contribution is -0.127. The summed E-state index contributed by atoms with van der Waals surface area (Å²) in [6.07, 6.45) is 0.603. The van der Waals surface area contributed by atoms with E-state index in [1.165, 1.54) is 0 Å². The van der Waals surface area contributed by atoms with Crippen LogP contribution in [0.4, 0.5) is 0 Å². The van der Waals surface area contributed by atoms with Crippen LogP contribution in [0.3, 0.4) is 0 Å². The van der Waals surface area contributed by atoms with E-state index in [4.69, 9.17) is 28.9 Å². The number of benzene rings is 1. The summed E-state index contributed by atoms with van der Waals surface area (Å²) in [4.78, 5) is 23.3. The van der Waals surface area contributed by atoms with Gasteiger partial charge in [-0.2, -0.15) is 0 Å². The van der Waals surface area contributed by atoms with E-state index in [2.05, 4.69) is 10.6 Å². The van der Waals surface area contributed by atoms with Gasteiger partial charge in [-0.05, 0) is 36.1 Å². The van der Waals surface area contributed by atoms with Gasteiger partial charge < -0.3 is 16.4 Å². The normalized spacial score (nSPS) is 11.6. The van der Waals surface area contributed by atoms with Crippen LogP contribution in [0.1, 0.15) is 19.4 Å². The third kappa shape index (κ3) is 8.42. The van der Waals surface area contributed by atoms with Gasteiger partial charge in [0.25, 0.3) is 0 Å². The summed E-state index contributed by atoms with van der Waals surface area (Å²) in [7, 11) is 0. The Balaban J connectivity index is 0.00000484. The van der Waals surface area contributed by atoms with Gasteiger partial charge in [-0.25, -0.2) is 0 Å². The maximum absolute atomic E-state index is 11.6. The van der Waals surface area contributed by atoms with Crippen LogP contribution in [0, 0.1) is 5.92 Å². The molecule has 0 heterocycles. The summed E-state index contributed by atoms with van der Waals surface area (Å²) < 4.78 is 0. The van der Waals surface area contributed by atoms with E-state index in [-0.39, 0.29) is 36.7 Å². The zero-order valence-corrected chi connectivity index (χ0v) is 15.4. The Hall–Kier alpha value is -1.01. The van der Waals surface area contributed by atoms with Crippen molar-refractivity contribution < 1.29 is 9.59 Å². The predicted octanol–water partition coefficient (Wildman–Crippen LogP) is 2.17. The van der Waals surface area contributed by atoms with E-state index >= 15 is 0 Å². The molecule has 0 saturated heterocycles. The van der Waals surface area contributed by atoms with Gasteiger partial charge in [-0.3, -0.25) is 9.59 Å². The van der Waals surface area contributed by atoms with Crippen LogP contribution < -0.4 is 16.4 Å². The maximum atomic E-state index is 11.6. The number of nitrogens with two attached hydrogens (primary N) is 1. The number of nitrogens with one attached hydrogen (secondary N) is 2. The molecule has 0 aliphatic carbocycles. The average molecular weight is 383 g/mol. The molecule has 0 unspecified atom stereocenters. The third-order valence-electron chi connectivity index (χ3n) is 3.10. The number of halogens is 3.